The van der Waals surface area contributed by atoms with E-state index < -0.39 is 0 Å². The lowest BCUT2D eigenvalue weighted by Crippen LogP contribution is -1.94. The van der Waals surface area contributed by atoms with Gasteiger partial charge in [-0.1, -0.05) is 12.1 Å². The zero-order chi connectivity index (χ0) is 15.9. The first-order valence-electron chi connectivity index (χ1n) is 6.82. The molecule has 0 aliphatic rings. The maximum absolute atomic E-state index is 12.0. The molecular weight excluding hydrogens is 278 g/mol. The average Bonchev–Trinajstić information content (AvgIpc) is 2.55. The molecule has 4 nitrogen and oxygen atoms in total. The van der Waals surface area contributed by atoms with E-state index in [0.29, 0.717) is 23.5 Å². The third-order valence-electron chi connectivity index (χ3n) is 3.01. The minimum atomic E-state index is -0.157. The van der Waals surface area contributed by atoms with Gasteiger partial charge in [-0.3, -0.25) is 4.79 Å². The number of ether oxygens (including phenoxy) is 1. The first-order chi connectivity index (χ1) is 10.6. The van der Waals surface area contributed by atoms with Crippen LogP contribution in [0.2, 0.25) is 0 Å². The lowest BCUT2D eigenvalue weighted by atomic mass is 10.1. The predicted octanol–water partition coefficient (Wildman–Crippen LogP) is 3.56. The van der Waals surface area contributed by atoms with Gasteiger partial charge in [0.15, 0.2) is 17.3 Å². The number of nitrogens with zero attached hydrogens (tertiary/aromatic N) is 1. The smallest absolute Gasteiger partial charge is 0.185 e. The Kier molecular flexibility index (Phi) is 4.94. The fraction of sp³-hybridized carbons (Fsp3) is 0.111. The molecular formula is C18H15NO3. The molecule has 0 saturated carbocycles. The lowest BCUT2D eigenvalue weighted by molar-refractivity contribution is 0.104. The summed E-state index contributed by atoms with van der Waals surface area (Å²) in [7, 11) is 0. The summed E-state index contributed by atoms with van der Waals surface area (Å²) in [5.74, 6) is 0.295. The molecule has 0 amide bonds. The summed E-state index contributed by atoms with van der Waals surface area (Å²) in [4.78, 5) is 12.0. The Labute approximate surface area is 128 Å². The van der Waals surface area contributed by atoms with E-state index in [9.17, 15) is 9.90 Å². The Morgan fingerprint density at radius 2 is 2.00 bits per heavy atom. The Bertz CT molecular complexity index is 740. The van der Waals surface area contributed by atoms with Crippen LogP contribution in [0.1, 0.15) is 28.4 Å². The number of aromatic hydroxyl groups is 1. The second-order valence-corrected chi connectivity index (χ2v) is 4.55. The van der Waals surface area contributed by atoms with Crippen LogP contribution in [0, 0.1) is 11.3 Å². The summed E-state index contributed by atoms with van der Waals surface area (Å²) in [6, 6.07) is 13.3. The number of hydrogen-bond acceptors (Lipinski definition) is 4. The van der Waals surface area contributed by atoms with Gasteiger partial charge in [0.1, 0.15) is 0 Å². The number of phenols is 1. The Morgan fingerprint density at radius 3 is 2.64 bits per heavy atom. The van der Waals surface area contributed by atoms with Crippen molar-refractivity contribution in [2.75, 3.05) is 6.61 Å². The van der Waals surface area contributed by atoms with E-state index in [-0.39, 0.29) is 11.5 Å². The van der Waals surface area contributed by atoms with Crippen LogP contribution in [-0.4, -0.2) is 17.5 Å². The van der Waals surface area contributed by atoms with Crippen LogP contribution < -0.4 is 4.74 Å². The van der Waals surface area contributed by atoms with Crippen molar-refractivity contribution in [1.29, 1.82) is 5.26 Å². The molecule has 0 aliphatic carbocycles. The number of ketones is 1. The molecule has 2 aromatic rings. The second kappa shape index (κ2) is 7.09. The highest BCUT2D eigenvalue weighted by Crippen LogP contribution is 2.27. The largest absolute Gasteiger partial charge is 0.504 e. The Balaban J connectivity index is 2.15. The molecule has 0 saturated heterocycles. The van der Waals surface area contributed by atoms with Gasteiger partial charge >= 0.3 is 0 Å². The van der Waals surface area contributed by atoms with Gasteiger partial charge in [-0.2, -0.15) is 5.26 Å². The summed E-state index contributed by atoms with van der Waals surface area (Å²) in [5.41, 5.74) is 1.78. The molecule has 2 aromatic carbocycles. The summed E-state index contributed by atoms with van der Waals surface area (Å²) in [6.07, 6.45) is 3.10. The van der Waals surface area contributed by atoms with E-state index in [1.165, 1.54) is 12.1 Å². The SMILES string of the molecule is CCOc1cc(/C=C/C(=O)c2ccc(C#N)cc2)ccc1O. The van der Waals surface area contributed by atoms with Gasteiger partial charge < -0.3 is 9.84 Å². The molecule has 0 atom stereocenters. The molecule has 110 valence electrons. The third kappa shape index (κ3) is 3.74. The molecule has 22 heavy (non-hydrogen) atoms. The molecule has 2 rings (SSSR count). The van der Waals surface area contributed by atoms with Crippen molar-refractivity contribution in [2.24, 2.45) is 0 Å². The third-order valence-corrected chi connectivity index (χ3v) is 3.01. The monoisotopic (exact) mass is 293 g/mol. The topological polar surface area (TPSA) is 70.3 Å². The van der Waals surface area contributed by atoms with Crippen LogP contribution in [0.4, 0.5) is 0 Å². The average molecular weight is 293 g/mol. The molecule has 1 N–H and O–H groups in total. The number of rotatable bonds is 5. The van der Waals surface area contributed by atoms with Gasteiger partial charge in [0.25, 0.3) is 0 Å². The number of nitriles is 1. The van der Waals surface area contributed by atoms with Crippen molar-refractivity contribution in [3.63, 3.8) is 0 Å². The van der Waals surface area contributed by atoms with Gasteiger partial charge in [-0.25, -0.2) is 0 Å². The summed E-state index contributed by atoms with van der Waals surface area (Å²) >= 11 is 0. The molecule has 0 unspecified atom stereocenters. The van der Waals surface area contributed by atoms with E-state index >= 15 is 0 Å². The normalized spacial score (nSPS) is 10.4. The quantitative estimate of drug-likeness (QED) is 0.676. The van der Waals surface area contributed by atoms with Crippen LogP contribution in [0.5, 0.6) is 11.5 Å². The van der Waals surface area contributed by atoms with Crippen molar-refractivity contribution in [3.8, 4) is 17.6 Å². The van der Waals surface area contributed by atoms with Gasteiger partial charge in [0, 0.05) is 5.56 Å². The zero-order valence-electron chi connectivity index (χ0n) is 12.1. The van der Waals surface area contributed by atoms with Crippen molar-refractivity contribution < 1.29 is 14.6 Å². The predicted molar refractivity (Wildman–Crippen MR) is 83.8 cm³/mol. The van der Waals surface area contributed by atoms with E-state index in [1.807, 2.05) is 13.0 Å². The molecule has 0 aliphatic heterocycles. The van der Waals surface area contributed by atoms with Gasteiger partial charge in [-0.05, 0) is 55.0 Å². The van der Waals surface area contributed by atoms with Crippen molar-refractivity contribution in [2.45, 2.75) is 6.92 Å². The van der Waals surface area contributed by atoms with E-state index in [4.69, 9.17) is 10.00 Å². The van der Waals surface area contributed by atoms with Crippen LogP contribution in [0.25, 0.3) is 6.08 Å². The van der Waals surface area contributed by atoms with E-state index in [1.54, 1.807) is 42.5 Å². The molecule has 0 radical (unpaired) electrons. The van der Waals surface area contributed by atoms with Crippen molar-refractivity contribution in [1.82, 2.24) is 0 Å². The molecule has 0 aromatic heterocycles. The second-order valence-electron chi connectivity index (χ2n) is 4.55. The highest BCUT2D eigenvalue weighted by molar-refractivity contribution is 6.06. The number of hydrogen-bond donors (Lipinski definition) is 1. The number of phenolic OH excluding ortho intramolecular Hbond substituents is 1. The maximum atomic E-state index is 12.0. The fourth-order valence-electron chi connectivity index (χ4n) is 1.88. The van der Waals surface area contributed by atoms with Gasteiger partial charge in [0.05, 0.1) is 18.2 Å². The number of carbonyl (C=O) groups excluding carboxylic acids is 1. The standard InChI is InChI=1S/C18H15NO3/c1-2-22-18-11-13(6-10-17(18)21)5-9-16(20)15-7-3-14(12-19)4-8-15/h3-11,21H,2H2,1H3/b9-5+. The van der Waals surface area contributed by atoms with Crippen LogP contribution in [0.15, 0.2) is 48.5 Å². The Morgan fingerprint density at radius 1 is 1.27 bits per heavy atom. The van der Waals surface area contributed by atoms with Crippen LogP contribution in [0.3, 0.4) is 0 Å². The van der Waals surface area contributed by atoms with Gasteiger partial charge in [-0.15, -0.1) is 0 Å². The molecule has 0 fully saturated rings. The van der Waals surface area contributed by atoms with Crippen molar-refractivity contribution >= 4 is 11.9 Å². The fourth-order valence-corrected chi connectivity index (χ4v) is 1.88. The maximum Gasteiger partial charge on any atom is 0.185 e. The van der Waals surface area contributed by atoms with E-state index in [0.717, 1.165) is 5.56 Å². The van der Waals surface area contributed by atoms with Crippen molar-refractivity contribution in [3.05, 3.63) is 65.2 Å². The molecule has 0 bridgehead atoms. The summed E-state index contributed by atoms with van der Waals surface area (Å²) in [6.45, 7) is 2.28. The molecule has 4 heteroatoms. The molecule has 0 heterocycles. The zero-order valence-corrected chi connectivity index (χ0v) is 12.1. The highest BCUT2D eigenvalue weighted by Gasteiger charge is 2.04. The molecule has 0 spiro atoms. The van der Waals surface area contributed by atoms with Crippen LogP contribution >= 0.6 is 0 Å². The number of benzene rings is 2. The van der Waals surface area contributed by atoms with Crippen LogP contribution in [-0.2, 0) is 0 Å². The first kappa shape index (κ1) is 15.3. The minimum absolute atomic E-state index is 0.0671. The summed E-state index contributed by atoms with van der Waals surface area (Å²) < 4.78 is 5.29. The number of carbonyl (C=O) groups is 1. The van der Waals surface area contributed by atoms with Gasteiger partial charge in [0.2, 0.25) is 0 Å². The minimum Gasteiger partial charge on any atom is -0.504 e. The first-order valence-corrected chi connectivity index (χ1v) is 6.82. The Hall–Kier alpha value is -3.06. The highest BCUT2D eigenvalue weighted by atomic mass is 16.5. The van der Waals surface area contributed by atoms with E-state index in [2.05, 4.69) is 0 Å². The number of allylic oxidation sites excluding steroid dienone is 1. The summed E-state index contributed by atoms with van der Waals surface area (Å²) in [5, 5.41) is 18.4. The lowest BCUT2D eigenvalue weighted by Gasteiger charge is -2.06.